The summed E-state index contributed by atoms with van der Waals surface area (Å²) in [6, 6.07) is 0. The Morgan fingerprint density at radius 2 is 0.295 bits per heavy atom. The normalized spacial score (nSPS) is 17.3. The van der Waals surface area contributed by atoms with Gasteiger partial charge in [-0.15, -0.1) is 0 Å². The summed E-state index contributed by atoms with van der Waals surface area (Å²) in [5, 5.41) is 10.9. The average molecular weight is 2500 g/mol. The second kappa shape index (κ2) is 18.5. The van der Waals surface area contributed by atoms with E-state index in [1.54, 1.807) is 0 Å². The quantitative estimate of drug-likeness (QED) is 0.193. The third kappa shape index (κ3) is 9.83. The molecule has 0 unspecified atom stereocenters. The van der Waals surface area contributed by atoms with Crippen molar-refractivity contribution in [3.05, 3.63) is 0 Å². The van der Waals surface area contributed by atoms with E-state index in [0.717, 1.165) is 0 Å². The topological polar surface area (TPSA) is 20.2 Å². The van der Waals surface area contributed by atoms with Gasteiger partial charge in [-0.3, -0.25) is 0 Å². The molecule has 0 aromatic rings. The van der Waals surface area contributed by atoms with Crippen LogP contribution in [0.25, 0.3) is 0 Å². The summed E-state index contributed by atoms with van der Waals surface area (Å²) in [4.78, 5) is 0. The number of aliphatic hydroxyl groups is 1. The Balaban J connectivity index is 7.52. The molecule has 0 spiro atoms. The zero-order valence-corrected chi connectivity index (χ0v) is 64.4. The Hall–Kier alpha value is 13.9. The van der Waals surface area contributed by atoms with Crippen LogP contribution in [0, 0.1) is 0 Å². The molecule has 266 valence electrons. The minimum absolute atomic E-state index is 0.887. The van der Waals surface area contributed by atoms with Gasteiger partial charge >= 0.3 is 0 Å². The fourth-order valence-corrected chi connectivity index (χ4v) is 30.2. The Labute approximate surface area is 498 Å². The summed E-state index contributed by atoms with van der Waals surface area (Å²) in [6.45, 7) is 0. The molecule has 0 aromatic heterocycles. The van der Waals surface area contributed by atoms with E-state index in [0.29, 0.717) is 0 Å². The van der Waals surface area contributed by atoms with Gasteiger partial charge < -0.3 is 5.11 Å². The smallest absolute Gasteiger partial charge is 0.202 e. The monoisotopic (exact) mass is 2470 g/mol. The maximum Gasteiger partial charge on any atom is 0.202 e. The molecule has 0 saturated carbocycles. The lowest BCUT2D eigenvalue weighted by atomic mass is 10.0. The summed E-state index contributed by atoms with van der Waals surface area (Å²) < 4.78 is -17.4. The van der Waals surface area contributed by atoms with Crippen molar-refractivity contribution < 1.29 is 5.11 Å². The highest BCUT2D eigenvalue weighted by molar-refractivity contribution is 9.42. The van der Waals surface area contributed by atoms with Crippen molar-refractivity contribution in [2.45, 2.75) is 44.4 Å². The van der Waals surface area contributed by atoms with Crippen LogP contribution < -0.4 is 0 Å². The van der Waals surface area contributed by atoms with E-state index in [-0.39, 0.29) is 0 Å². The lowest BCUT2D eigenvalue weighted by molar-refractivity contribution is 0.228. The molecule has 0 rings (SSSR count). The first-order valence-corrected chi connectivity index (χ1v) is 32.0. The first-order valence-electron chi connectivity index (χ1n) is 8.95. The molecule has 0 saturated heterocycles. The molecule has 0 heterocycles. The number of halogens is 29. The van der Waals surface area contributed by atoms with E-state index in [4.69, 9.17) is 0 Å². The van der Waals surface area contributed by atoms with E-state index in [1.165, 1.54) is 0 Å². The van der Waals surface area contributed by atoms with Crippen LogP contribution in [-0.2, 0) is 0 Å². The number of alkyl halides is 29. The highest BCUT2D eigenvalue weighted by atomic mass is 80.0. The lowest BCUT2D eigenvalue weighted by Gasteiger charge is -2.61. The van der Waals surface area contributed by atoms with Crippen LogP contribution in [0.4, 0.5) is 0 Å². The van der Waals surface area contributed by atoms with Crippen LogP contribution in [-0.4, -0.2) is 49.5 Å². The maximum absolute atomic E-state index is 10.9. The van der Waals surface area contributed by atoms with Crippen molar-refractivity contribution in [1.29, 1.82) is 0 Å². The van der Waals surface area contributed by atoms with Gasteiger partial charge in [-0.05, 0) is 31.9 Å². The molecule has 0 bridgehead atoms. The average Bonchev–Trinajstić information content (AvgIpc) is 2.75. The molecule has 1 nitrogen and oxygen atoms in total. The Kier molecular flexibility index (Phi) is 24.4. The molecule has 0 amide bonds. The number of rotatable bonds is 12. The van der Waals surface area contributed by atoms with Gasteiger partial charge in [0.05, 0.1) is 0 Å². The van der Waals surface area contributed by atoms with Gasteiger partial charge in [0.2, 0.25) is 3.42 Å². The molecule has 0 aromatic carbocycles. The Bertz CT molecular complexity index is 969. The van der Waals surface area contributed by atoms with Crippen LogP contribution in [0.1, 0.15) is 0 Å². The van der Waals surface area contributed by atoms with Gasteiger partial charge in [-0.2, -0.15) is 0 Å². The molecular weight excluding hydrogens is 2500 g/mol. The highest BCUT2D eigenvalue weighted by Crippen LogP contribution is 2.82. The molecule has 0 fully saturated rings. The van der Waals surface area contributed by atoms with E-state index < -0.39 is 44.4 Å². The van der Waals surface area contributed by atoms with E-state index >= 15 is 0 Å². The van der Waals surface area contributed by atoms with Crippen LogP contribution >= 0.6 is 462 Å². The summed E-state index contributed by atoms with van der Waals surface area (Å²) in [6.07, 6.45) is 0. The van der Waals surface area contributed by atoms with E-state index in [9.17, 15) is 5.11 Å². The summed E-state index contributed by atoms with van der Waals surface area (Å²) in [7, 11) is 0. The lowest BCUT2D eigenvalue weighted by Crippen LogP contribution is -2.73. The first-order chi connectivity index (χ1) is 18.2. The van der Waals surface area contributed by atoms with Gasteiger partial charge in [0, 0.05) is 0 Å². The molecule has 0 aliphatic rings. The fourth-order valence-electron chi connectivity index (χ4n) is 2.34. The molecular formula is C14HBr29O. The van der Waals surface area contributed by atoms with Gasteiger partial charge in [0.1, 0.15) is 35.6 Å². The SMILES string of the molecule is OC(Br)(Br)C(Br)(Br)C(Br)(Br)C(Br)(Br)C(Br)(Br)C(Br)(Br)C(Br)(Br)C(Br)(Br)C(Br)(Br)C(Br)(Br)C(Br)(Br)C(Br)(Br)C(Br)(Br)C(Br)(Br)Br. The fraction of sp³-hybridized carbons (Fsp3) is 1.00. The highest BCUT2D eigenvalue weighted by Gasteiger charge is 2.82. The molecule has 1 N–H and O–H groups in total. The van der Waals surface area contributed by atoms with Crippen LogP contribution in [0.15, 0.2) is 0 Å². The largest absolute Gasteiger partial charge is 0.368 e. The van der Waals surface area contributed by atoms with E-state index in [2.05, 4.69) is 462 Å². The van der Waals surface area contributed by atoms with Gasteiger partial charge in [-0.1, -0.05) is 430 Å². The molecule has 0 aliphatic carbocycles. The Morgan fingerprint density at radius 3 is 0.409 bits per heavy atom. The third-order valence-electron chi connectivity index (χ3n) is 5.07. The predicted octanol–water partition coefficient (Wildman–Crippen LogP) is 21.1. The van der Waals surface area contributed by atoms with Crippen molar-refractivity contribution in [3.8, 4) is 0 Å². The van der Waals surface area contributed by atoms with Gasteiger partial charge in [0.25, 0.3) is 0 Å². The zero-order valence-electron chi connectivity index (χ0n) is 18.4. The standard InChI is InChI=1S/C14HBr29O/c15-1(16,3(19,20)5(23,24)7(27,28)9(31,32)11(35,36)13(39,40)41)2(17,18)4(21,22)6(25,26)8(29,30)10(33,34)12(37,38)14(42,43)44/h44H. The first kappa shape index (κ1) is 57.9. The predicted molar refractivity (Wildman–Crippen MR) is 299 cm³/mol. The summed E-state index contributed by atoms with van der Waals surface area (Å²) in [5.74, 6) is 0. The summed E-state index contributed by atoms with van der Waals surface area (Å²) in [5.41, 5.74) is 0. The van der Waals surface area contributed by atoms with Crippen molar-refractivity contribution in [2.75, 3.05) is 0 Å². The summed E-state index contributed by atoms with van der Waals surface area (Å²) >= 11 is 110. The van der Waals surface area contributed by atoms with Crippen molar-refractivity contribution >= 4 is 462 Å². The molecule has 0 radical (unpaired) electrons. The van der Waals surface area contributed by atoms with Crippen molar-refractivity contribution in [3.63, 3.8) is 0 Å². The van der Waals surface area contributed by atoms with Crippen molar-refractivity contribution in [1.82, 2.24) is 0 Å². The van der Waals surface area contributed by atoms with Crippen LogP contribution in [0.2, 0.25) is 0 Å². The van der Waals surface area contributed by atoms with Crippen LogP contribution in [0.3, 0.4) is 0 Å². The third-order valence-corrected chi connectivity index (χ3v) is 65.3. The number of hydrogen-bond donors (Lipinski definition) is 1. The van der Waals surface area contributed by atoms with Crippen LogP contribution in [0.5, 0.6) is 0 Å². The minimum Gasteiger partial charge on any atom is -0.368 e. The van der Waals surface area contributed by atoms with E-state index in [1.807, 2.05) is 0 Å². The molecule has 0 aliphatic heterocycles. The maximum atomic E-state index is 10.9. The molecule has 30 heteroatoms. The number of hydrogen-bond acceptors (Lipinski definition) is 1. The van der Waals surface area contributed by atoms with Crippen molar-refractivity contribution in [2.24, 2.45) is 0 Å². The Morgan fingerprint density at radius 1 is 0.182 bits per heavy atom. The minimum atomic E-state index is -1.69. The zero-order chi connectivity index (χ0) is 37.0. The second-order valence-corrected chi connectivity index (χ2v) is 59.4. The molecule has 0 atom stereocenters. The molecule has 44 heavy (non-hydrogen) atoms. The second-order valence-electron chi connectivity index (χ2n) is 7.93. The van der Waals surface area contributed by atoms with Gasteiger partial charge in [0.15, 0.2) is 5.38 Å². The van der Waals surface area contributed by atoms with Gasteiger partial charge in [-0.25, -0.2) is 0 Å².